The number of rotatable bonds is 5. The molecule has 0 atom stereocenters. The van der Waals surface area contributed by atoms with Gasteiger partial charge in [0.15, 0.2) is 13.2 Å². The number of hydrogen-bond acceptors (Lipinski definition) is 3. The van der Waals surface area contributed by atoms with E-state index < -0.39 is 47.4 Å². The molecule has 0 heterocycles. The Morgan fingerprint density at radius 2 is 1.29 bits per heavy atom. The van der Waals surface area contributed by atoms with Gasteiger partial charge in [-0.25, -0.2) is 0 Å². The zero-order valence-electron chi connectivity index (χ0n) is 14.1. The highest BCUT2D eigenvalue weighted by atomic mass is 31.2. The van der Waals surface area contributed by atoms with Crippen molar-refractivity contribution in [2.24, 2.45) is 0 Å². The van der Waals surface area contributed by atoms with Crippen LogP contribution >= 0.6 is 7.60 Å². The van der Waals surface area contributed by atoms with Crippen LogP contribution in [0, 0.1) is 11.5 Å². The molecule has 0 aliphatic heterocycles. The van der Waals surface area contributed by atoms with E-state index in [0.717, 1.165) is 0 Å². The molecule has 0 aliphatic rings. The molecule has 0 saturated carbocycles. The Labute approximate surface area is 138 Å². The fourth-order valence-corrected chi connectivity index (χ4v) is 3.29. The Morgan fingerprint density at radius 3 is 1.58 bits per heavy atom. The quantitative estimate of drug-likeness (QED) is 0.270. The molecular formula is C13H21F6O3PSi. The van der Waals surface area contributed by atoms with Gasteiger partial charge in [0, 0.05) is 0 Å². The lowest BCUT2D eigenvalue weighted by Crippen LogP contribution is -2.35. The maximum atomic E-state index is 12.2. The van der Waals surface area contributed by atoms with Gasteiger partial charge in [0.1, 0.15) is 14.2 Å². The van der Waals surface area contributed by atoms with Gasteiger partial charge in [-0.1, -0.05) is 39.8 Å². The normalized spacial score (nSPS) is 14.3. The van der Waals surface area contributed by atoms with Crippen molar-refractivity contribution in [2.45, 2.75) is 51.3 Å². The Bertz CT molecular complexity index is 503. The SMILES string of the molecule is CC(C)(C)[Si](C)(C)C#CCP(=O)(OCC(F)(F)F)OCC(F)(F)F. The molecule has 11 heteroatoms. The first-order valence-electron chi connectivity index (χ1n) is 6.89. The molecule has 0 spiro atoms. The highest BCUT2D eigenvalue weighted by molar-refractivity contribution is 7.54. The van der Waals surface area contributed by atoms with E-state index in [1.165, 1.54) is 0 Å². The molecule has 0 N–H and O–H groups in total. The van der Waals surface area contributed by atoms with Crippen molar-refractivity contribution >= 4 is 15.7 Å². The first-order chi connectivity index (χ1) is 10.4. The molecule has 0 aromatic rings. The maximum Gasteiger partial charge on any atom is 0.412 e. The minimum absolute atomic E-state index is 0.177. The second-order valence-corrected chi connectivity index (χ2v) is 13.8. The zero-order valence-corrected chi connectivity index (χ0v) is 16.0. The number of alkyl halides is 6. The van der Waals surface area contributed by atoms with E-state index in [1.807, 2.05) is 33.9 Å². The third kappa shape index (κ3) is 9.72. The van der Waals surface area contributed by atoms with Crippen molar-refractivity contribution in [3.05, 3.63) is 0 Å². The van der Waals surface area contributed by atoms with Crippen LogP contribution in [0.5, 0.6) is 0 Å². The predicted octanol–water partition coefficient (Wildman–Crippen LogP) is 5.39. The van der Waals surface area contributed by atoms with Gasteiger partial charge >= 0.3 is 19.9 Å². The first kappa shape index (κ1) is 23.5. The van der Waals surface area contributed by atoms with Crippen molar-refractivity contribution in [1.29, 1.82) is 0 Å². The highest BCUT2D eigenvalue weighted by Gasteiger charge is 2.38. The standard InChI is InChI=1S/C13H21F6O3PSi/c1-11(2,3)24(4,5)8-6-7-23(20,21-9-12(14,15)16)22-10-13(17,18)19/h7,9-10H2,1-5H3. The summed E-state index contributed by atoms with van der Waals surface area (Å²) in [5, 5.41) is -0.177. The Balaban J connectivity index is 5.19. The monoisotopic (exact) mass is 398 g/mol. The average Bonchev–Trinajstić information content (AvgIpc) is 2.31. The van der Waals surface area contributed by atoms with Gasteiger partial charge in [-0.05, 0) is 5.04 Å². The van der Waals surface area contributed by atoms with Crippen molar-refractivity contribution in [2.75, 3.05) is 19.4 Å². The second-order valence-electron chi connectivity index (χ2n) is 6.72. The van der Waals surface area contributed by atoms with Gasteiger partial charge in [0.05, 0.1) is 0 Å². The van der Waals surface area contributed by atoms with Gasteiger partial charge in [-0.2, -0.15) is 26.3 Å². The summed E-state index contributed by atoms with van der Waals surface area (Å²) in [6, 6.07) is 0. The summed E-state index contributed by atoms with van der Waals surface area (Å²) in [6.45, 7) is 5.61. The van der Waals surface area contributed by atoms with Crippen molar-refractivity contribution < 1.29 is 40.0 Å². The number of halogens is 6. The molecule has 0 rings (SSSR count). The van der Waals surface area contributed by atoms with Gasteiger partial charge in [0.25, 0.3) is 0 Å². The van der Waals surface area contributed by atoms with E-state index in [1.54, 1.807) is 0 Å². The predicted molar refractivity (Wildman–Crippen MR) is 81.5 cm³/mol. The fourth-order valence-electron chi connectivity index (χ4n) is 1.02. The summed E-state index contributed by atoms with van der Waals surface area (Å²) in [6.07, 6.45) is -10.5. The van der Waals surface area contributed by atoms with E-state index in [2.05, 4.69) is 20.5 Å². The molecule has 3 nitrogen and oxygen atoms in total. The van der Waals surface area contributed by atoms with Crippen LogP contribution in [-0.2, 0) is 13.6 Å². The fraction of sp³-hybridized carbons (Fsp3) is 0.846. The molecule has 0 unspecified atom stereocenters. The minimum atomic E-state index is -4.84. The molecule has 24 heavy (non-hydrogen) atoms. The van der Waals surface area contributed by atoms with Crippen LogP contribution in [-0.4, -0.2) is 39.8 Å². The van der Waals surface area contributed by atoms with Crippen LogP contribution in [0.2, 0.25) is 18.1 Å². The average molecular weight is 398 g/mol. The van der Waals surface area contributed by atoms with Gasteiger partial charge in [0.2, 0.25) is 0 Å². The molecule has 0 aliphatic carbocycles. The molecular weight excluding hydrogens is 377 g/mol. The van der Waals surface area contributed by atoms with Crippen LogP contribution < -0.4 is 0 Å². The molecule has 0 amide bonds. The third-order valence-electron chi connectivity index (χ3n) is 3.40. The Hall–Kier alpha value is -0.493. The largest absolute Gasteiger partial charge is 0.412 e. The molecule has 0 bridgehead atoms. The summed E-state index contributed by atoms with van der Waals surface area (Å²) in [4.78, 5) is 0. The van der Waals surface area contributed by atoms with Crippen molar-refractivity contribution in [3.8, 4) is 11.5 Å². The van der Waals surface area contributed by atoms with Gasteiger partial charge in [-0.15, -0.1) is 5.54 Å². The third-order valence-corrected chi connectivity index (χ3v) is 9.54. The highest BCUT2D eigenvalue weighted by Crippen LogP contribution is 2.49. The lowest BCUT2D eigenvalue weighted by molar-refractivity contribution is -0.165. The zero-order chi connectivity index (χ0) is 19.4. The summed E-state index contributed by atoms with van der Waals surface area (Å²) in [5.74, 6) is 2.41. The summed E-state index contributed by atoms with van der Waals surface area (Å²) >= 11 is 0. The summed E-state index contributed by atoms with van der Waals surface area (Å²) in [7, 11) is -6.80. The van der Waals surface area contributed by atoms with Gasteiger partial charge < -0.3 is 0 Å². The van der Waals surface area contributed by atoms with E-state index >= 15 is 0 Å². The lowest BCUT2D eigenvalue weighted by Gasteiger charge is -2.31. The molecule has 142 valence electrons. The van der Waals surface area contributed by atoms with Crippen LogP contribution in [0.1, 0.15) is 20.8 Å². The second kappa shape index (κ2) is 7.81. The number of hydrogen-bond donors (Lipinski definition) is 0. The van der Waals surface area contributed by atoms with Crippen LogP contribution in [0.15, 0.2) is 0 Å². The van der Waals surface area contributed by atoms with Gasteiger partial charge in [-0.3, -0.25) is 13.6 Å². The van der Waals surface area contributed by atoms with Crippen molar-refractivity contribution in [1.82, 2.24) is 0 Å². The van der Waals surface area contributed by atoms with Crippen LogP contribution in [0.3, 0.4) is 0 Å². The Morgan fingerprint density at radius 1 is 0.917 bits per heavy atom. The molecule has 0 saturated heterocycles. The Kier molecular flexibility index (Phi) is 7.65. The van der Waals surface area contributed by atoms with E-state index in [-0.39, 0.29) is 5.04 Å². The van der Waals surface area contributed by atoms with Crippen molar-refractivity contribution in [3.63, 3.8) is 0 Å². The summed E-state index contributed by atoms with van der Waals surface area (Å²) in [5.41, 5.74) is 2.84. The van der Waals surface area contributed by atoms with Crippen LogP contribution in [0.25, 0.3) is 0 Å². The van der Waals surface area contributed by atoms with E-state index in [9.17, 15) is 30.9 Å². The first-order valence-corrected chi connectivity index (χ1v) is 11.6. The molecule has 0 aromatic heterocycles. The van der Waals surface area contributed by atoms with E-state index in [0.29, 0.717) is 0 Å². The van der Waals surface area contributed by atoms with E-state index in [4.69, 9.17) is 0 Å². The molecule has 0 fully saturated rings. The van der Waals surface area contributed by atoms with Crippen LogP contribution in [0.4, 0.5) is 26.3 Å². The maximum absolute atomic E-state index is 12.2. The summed E-state index contributed by atoms with van der Waals surface area (Å²) < 4.78 is 93.4. The minimum Gasteiger partial charge on any atom is -0.298 e. The molecule has 0 radical (unpaired) electrons. The lowest BCUT2D eigenvalue weighted by atomic mass is 10.2. The topological polar surface area (TPSA) is 35.5 Å². The molecule has 0 aromatic carbocycles. The smallest absolute Gasteiger partial charge is 0.298 e.